The average molecular weight is 391 g/mol. The summed E-state index contributed by atoms with van der Waals surface area (Å²) >= 11 is 6.22. The van der Waals surface area contributed by atoms with Gasteiger partial charge in [-0.1, -0.05) is 35.9 Å². The van der Waals surface area contributed by atoms with Crippen LogP contribution < -0.4 is 5.32 Å². The fraction of sp³-hybridized carbons (Fsp3) is 0.0526. The molecule has 1 aromatic heterocycles. The fourth-order valence-corrected chi connectivity index (χ4v) is 3.02. The number of hydrogen-bond acceptors (Lipinski definition) is 3. The molecule has 27 heavy (non-hydrogen) atoms. The van der Waals surface area contributed by atoms with Gasteiger partial charge in [-0.15, -0.1) is 0 Å². The Kier molecular flexibility index (Phi) is 4.04. The Morgan fingerprint density at radius 1 is 1.04 bits per heavy atom. The summed E-state index contributed by atoms with van der Waals surface area (Å²) in [5, 5.41) is 4.05. The second kappa shape index (κ2) is 6.28. The Morgan fingerprint density at radius 3 is 2.56 bits per heavy atom. The lowest BCUT2D eigenvalue weighted by atomic mass is 10.0. The fourth-order valence-electron chi connectivity index (χ4n) is 2.78. The topological polar surface area (TPSA) is 55.1 Å². The molecule has 1 heterocycles. The van der Waals surface area contributed by atoms with Crippen molar-refractivity contribution in [1.29, 1.82) is 0 Å². The number of aromatic nitrogens is 1. The lowest BCUT2D eigenvalue weighted by molar-refractivity contribution is -0.167. The number of carbonyl (C=O) groups excluding carboxylic acids is 1. The maximum Gasteiger partial charge on any atom is 0.471 e. The number of anilines is 1. The monoisotopic (exact) mass is 390 g/mol. The first-order chi connectivity index (χ1) is 12.8. The van der Waals surface area contributed by atoms with Gasteiger partial charge in [0.05, 0.1) is 0 Å². The van der Waals surface area contributed by atoms with Crippen LogP contribution in [0.15, 0.2) is 59.0 Å². The summed E-state index contributed by atoms with van der Waals surface area (Å²) in [7, 11) is 0. The Hall–Kier alpha value is -3.06. The van der Waals surface area contributed by atoms with Crippen molar-refractivity contribution < 1.29 is 22.4 Å². The molecule has 0 saturated heterocycles. The predicted molar refractivity (Wildman–Crippen MR) is 96.6 cm³/mol. The van der Waals surface area contributed by atoms with E-state index in [4.69, 9.17) is 16.0 Å². The van der Waals surface area contributed by atoms with Crippen molar-refractivity contribution in [1.82, 2.24) is 4.98 Å². The minimum Gasteiger partial charge on any atom is -0.436 e. The van der Waals surface area contributed by atoms with Gasteiger partial charge in [0, 0.05) is 21.7 Å². The van der Waals surface area contributed by atoms with Crippen molar-refractivity contribution in [2.45, 2.75) is 6.18 Å². The highest BCUT2D eigenvalue weighted by molar-refractivity contribution is 6.35. The molecule has 4 rings (SSSR count). The van der Waals surface area contributed by atoms with E-state index >= 15 is 0 Å². The highest BCUT2D eigenvalue weighted by Crippen LogP contribution is 2.34. The highest BCUT2D eigenvalue weighted by Gasteiger charge is 2.38. The van der Waals surface area contributed by atoms with Crippen LogP contribution >= 0.6 is 11.6 Å². The molecule has 1 N–H and O–H groups in total. The van der Waals surface area contributed by atoms with Gasteiger partial charge in [-0.2, -0.15) is 13.2 Å². The van der Waals surface area contributed by atoms with Crippen LogP contribution in [0.3, 0.4) is 0 Å². The molecule has 4 aromatic rings. The summed E-state index contributed by atoms with van der Waals surface area (Å²) in [6.07, 6.45) is -4.97. The summed E-state index contributed by atoms with van der Waals surface area (Å²) in [6, 6.07) is 15.1. The first-order valence-corrected chi connectivity index (χ1v) is 8.17. The number of nitrogens with zero attached hydrogens (tertiary/aromatic N) is 1. The summed E-state index contributed by atoms with van der Waals surface area (Å²) in [5.74, 6) is -1.74. The number of rotatable bonds is 2. The number of alkyl halides is 3. The van der Waals surface area contributed by atoms with Gasteiger partial charge in [0.25, 0.3) is 0 Å². The van der Waals surface area contributed by atoms with Gasteiger partial charge < -0.3 is 9.73 Å². The van der Waals surface area contributed by atoms with Gasteiger partial charge in [0.15, 0.2) is 5.58 Å². The summed E-state index contributed by atoms with van der Waals surface area (Å²) < 4.78 is 42.9. The Morgan fingerprint density at radius 2 is 1.78 bits per heavy atom. The zero-order valence-corrected chi connectivity index (χ0v) is 14.2. The largest absolute Gasteiger partial charge is 0.471 e. The van der Waals surface area contributed by atoms with Gasteiger partial charge in [0.1, 0.15) is 5.52 Å². The number of carbonyl (C=O) groups is 1. The van der Waals surface area contributed by atoms with Crippen molar-refractivity contribution in [3.05, 3.63) is 59.6 Å². The summed E-state index contributed by atoms with van der Waals surface area (Å²) in [5.41, 5.74) is 1.38. The zero-order chi connectivity index (χ0) is 19.2. The third kappa shape index (κ3) is 3.21. The normalized spacial score (nSPS) is 11.9. The van der Waals surface area contributed by atoms with Crippen molar-refractivity contribution >= 4 is 45.1 Å². The standard InChI is InChI=1S/C19H10ClF3N2O2/c20-14-6-2-3-11-12(14)4-1-5-13(11)17-25-15-9-10(7-8-16(15)27-17)24-18(26)19(21,22)23/h1-9H,(H,24,26). The Bertz CT molecular complexity index is 1180. The van der Waals surface area contributed by atoms with Gasteiger partial charge >= 0.3 is 12.1 Å². The van der Waals surface area contributed by atoms with E-state index in [0.717, 1.165) is 10.8 Å². The quantitative estimate of drug-likeness (QED) is 0.470. The number of oxazole rings is 1. The summed E-state index contributed by atoms with van der Waals surface area (Å²) in [4.78, 5) is 15.4. The number of amides is 1. The molecule has 0 saturated carbocycles. The smallest absolute Gasteiger partial charge is 0.436 e. The van der Waals surface area contributed by atoms with Crippen molar-refractivity contribution in [2.75, 3.05) is 5.32 Å². The third-order valence-corrected chi connectivity index (χ3v) is 4.33. The summed E-state index contributed by atoms with van der Waals surface area (Å²) in [6.45, 7) is 0. The Balaban J connectivity index is 1.77. The molecule has 0 aliphatic heterocycles. The van der Waals surface area contributed by atoms with Gasteiger partial charge in [-0.3, -0.25) is 4.79 Å². The van der Waals surface area contributed by atoms with Gasteiger partial charge in [0.2, 0.25) is 5.89 Å². The number of nitrogens with one attached hydrogen (secondary N) is 1. The van der Waals surface area contributed by atoms with Crippen molar-refractivity contribution in [3.8, 4) is 11.5 Å². The molecule has 0 unspecified atom stereocenters. The van der Waals surface area contributed by atoms with Gasteiger partial charge in [-0.05, 0) is 35.7 Å². The molecule has 3 aromatic carbocycles. The lowest BCUT2D eigenvalue weighted by Crippen LogP contribution is -2.29. The molecule has 136 valence electrons. The van der Waals surface area contributed by atoms with Crippen LogP contribution in [0.5, 0.6) is 0 Å². The molecule has 0 aliphatic carbocycles. The molecule has 0 spiro atoms. The Labute approximate surface area is 155 Å². The van der Waals surface area contributed by atoms with E-state index in [9.17, 15) is 18.0 Å². The second-order valence-corrected chi connectivity index (χ2v) is 6.20. The van der Waals surface area contributed by atoms with Crippen molar-refractivity contribution in [2.24, 2.45) is 0 Å². The minimum atomic E-state index is -4.97. The minimum absolute atomic E-state index is 0.0226. The third-order valence-electron chi connectivity index (χ3n) is 4.00. The molecule has 0 aliphatic rings. The van der Waals surface area contributed by atoms with Crippen LogP contribution in [0, 0.1) is 0 Å². The first-order valence-electron chi connectivity index (χ1n) is 7.79. The molecule has 0 fully saturated rings. The molecular weight excluding hydrogens is 381 g/mol. The number of benzene rings is 3. The van der Waals surface area contributed by atoms with Crippen LogP contribution in [-0.4, -0.2) is 17.1 Å². The van der Waals surface area contributed by atoms with E-state index in [1.54, 1.807) is 11.4 Å². The van der Waals surface area contributed by atoms with E-state index in [0.29, 0.717) is 27.6 Å². The van der Waals surface area contributed by atoms with Crippen LogP contribution in [0.2, 0.25) is 5.02 Å². The predicted octanol–water partition coefficient (Wildman–Crippen LogP) is 5.80. The first kappa shape index (κ1) is 17.4. The average Bonchev–Trinajstić information content (AvgIpc) is 3.04. The SMILES string of the molecule is O=C(Nc1ccc2oc(-c3cccc4c(Cl)cccc34)nc2c1)C(F)(F)F. The van der Waals surface area contributed by atoms with Crippen LogP contribution in [0.1, 0.15) is 0 Å². The van der Waals surface area contributed by atoms with E-state index in [1.807, 2.05) is 30.3 Å². The second-order valence-electron chi connectivity index (χ2n) is 5.79. The van der Waals surface area contributed by atoms with Crippen molar-refractivity contribution in [3.63, 3.8) is 0 Å². The molecular formula is C19H10ClF3N2O2. The maximum absolute atomic E-state index is 12.4. The number of hydrogen-bond donors (Lipinski definition) is 1. The molecule has 0 bridgehead atoms. The molecule has 0 atom stereocenters. The van der Waals surface area contributed by atoms with Crippen LogP contribution in [-0.2, 0) is 4.79 Å². The zero-order valence-electron chi connectivity index (χ0n) is 13.5. The molecule has 0 radical (unpaired) electrons. The molecule has 1 amide bonds. The van der Waals surface area contributed by atoms with Gasteiger partial charge in [-0.25, -0.2) is 4.98 Å². The van der Waals surface area contributed by atoms with E-state index in [2.05, 4.69) is 4.98 Å². The van der Waals surface area contributed by atoms with Crippen LogP contribution in [0.4, 0.5) is 18.9 Å². The van der Waals surface area contributed by atoms with Crippen LogP contribution in [0.25, 0.3) is 33.3 Å². The highest BCUT2D eigenvalue weighted by atomic mass is 35.5. The number of halogens is 4. The van der Waals surface area contributed by atoms with E-state index in [1.165, 1.54) is 18.2 Å². The number of fused-ring (bicyclic) bond motifs is 2. The lowest BCUT2D eigenvalue weighted by Gasteiger charge is -2.07. The van der Waals surface area contributed by atoms with E-state index in [-0.39, 0.29) is 5.69 Å². The van der Waals surface area contributed by atoms with E-state index < -0.39 is 12.1 Å². The molecule has 4 nitrogen and oxygen atoms in total. The maximum atomic E-state index is 12.4. The molecule has 8 heteroatoms.